The van der Waals surface area contributed by atoms with E-state index in [0.29, 0.717) is 6.07 Å². The molecule has 1 amide bonds. The van der Waals surface area contributed by atoms with Crippen molar-refractivity contribution in [1.82, 2.24) is 4.72 Å². The topological polar surface area (TPSA) is 75.3 Å². The van der Waals surface area contributed by atoms with Gasteiger partial charge in [0, 0.05) is 22.9 Å². The van der Waals surface area contributed by atoms with Gasteiger partial charge >= 0.3 is 0 Å². The van der Waals surface area contributed by atoms with Crippen LogP contribution in [0.2, 0.25) is 0 Å². The molecule has 0 aliphatic heterocycles. The highest BCUT2D eigenvalue weighted by Gasteiger charge is 2.22. The van der Waals surface area contributed by atoms with Crippen LogP contribution in [0.3, 0.4) is 0 Å². The summed E-state index contributed by atoms with van der Waals surface area (Å²) < 4.78 is 53.5. The molecule has 0 bridgehead atoms. The van der Waals surface area contributed by atoms with E-state index in [1.807, 2.05) is 0 Å². The van der Waals surface area contributed by atoms with E-state index in [4.69, 9.17) is 0 Å². The van der Waals surface area contributed by atoms with Gasteiger partial charge in [0.1, 0.15) is 11.6 Å². The monoisotopic (exact) mass is 368 g/mol. The third-order valence-corrected chi connectivity index (χ3v) is 4.72. The molecule has 5 nitrogen and oxygen atoms in total. The Bertz CT molecular complexity index is 886. The van der Waals surface area contributed by atoms with E-state index >= 15 is 0 Å². The predicted octanol–water partition coefficient (Wildman–Crippen LogP) is 3.29. The summed E-state index contributed by atoms with van der Waals surface area (Å²) in [5.41, 5.74) is -0.693. The number of benzene rings is 2. The second-order valence-electron chi connectivity index (χ2n) is 6.50. The lowest BCUT2D eigenvalue weighted by Crippen LogP contribution is -2.40. The number of nitrogens with one attached hydrogen (secondary N) is 2. The number of sulfonamides is 1. The maximum atomic E-state index is 13.2. The molecule has 0 saturated heterocycles. The lowest BCUT2D eigenvalue weighted by molar-refractivity contribution is 0.102. The third kappa shape index (κ3) is 5.33. The molecular weight excluding hydrogens is 350 g/mol. The fourth-order valence-electron chi connectivity index (χ4n) is 2.09. The number of amides is 1. The lowest BCUT2D eigenvalue weighted by Gasteiger charge is -2.20. The summed E-state index contributed by atoms with van der Waals surface area (Å²) in [7, 11) is -3.78. The van der Waals surface area contributed by atoms with Gasteiger partial charge < -0.3 is 5.32 Å². The van der Waals surface area contributed by atoms with Crippen LogP contribution in [0, 0.1) is 11.6 Å². The quantitative estimate of drug-likeness (QED) is 0.870. The molecule has 25 heavy (non-hydrogen) atoms. The first-order valence-electron chi connectivity index (χ1n) is 7.38. The average Bonchev–Trinajstić information content (AvgIpc) is 2.44. The fraction of sp³-hybridized carbons (Fsp3) is 0.235. The Morgan fingerprint density at radius 2 is 1.60 bits per heavy atom. The van der Waals surface area contributed by atoms with Crippen molar-refractivity contribution in [3.05, 3.63) is 59.7 Å². The Balaban J connectivity index is 2.26. The Hall–Kier alpha value is -2.32. The predicted molar refractivity (Wildman–Crippen MR) is 90.8 cm³/mol. The minimum Gasteiger partial charge on any atom is -0.322 e. The van der Waals surface area contributed by atoms with Gasteiger partial charge in [0.15, 0.2) is 0 Å². The smallest absolute Gasteiger partial charge is 0.255 e. The van der Waals surface area contributed by atoms with Gasteiger partial charge in [0.2, 0.25) is 10.0 Å². The number of hydrogen-bond donors (Lipinski definition) is 2. The van der Waals surface area contributed by atoms with Gasteiger partial charge in [-0.15, -0.1) is 0 Å². The van der Waals surface area contributed by atoms with Crippen molar-refractivity contribution in [2.75, 3.05) is 5.32 Å². The van der Waals surface area contributed by atoms with E-state index in [-0.39, 0.29) is 16.1 Å². The number of carbonyl (C=O) groups excluding carboxylic acids is 1. The highest BCUT2D eigenvalue weighted by molar-refractivity contribution is 7.89. The molecule has 2 rings (SSSR count). The number of rotatable bonds is 4. The van der Waals surface area contributed by atoms with Gasteiger partial charge in [-0.3, -0.25) is 4.79 Å². The number of carbonyl (C=O) groups is 1. The summed E-state index contributed by atoms with van der Waals surface area (Å²) in [4.78, 5) is 12.1. The molecule has 0 heterocycles. The van der Waals surface area contributed by atoms with Crippen molar-refractivity contribution in [3.8, 4) is 0 Å². The Morgan fingerprint density at radius 3 is 2.16 bits per heavy atom. The minimum atomic E-state index is -3.78. The van der Waals surface area contributed by atoms with Crippen LogP contribution in [0.25, 0.3) is 0 Å². The average molecular weight is 368 g/mol. The summed E-state index contributed by atoms with van der Waals surface area (Å²) >= 11 is 0. The van der Waals surface area contributed by atoms with Crippen LogP contribution in [-0.4, -0.2) is 19.9 Å². The normalized spacial score (nSPS) is 12.0. The van der Waals surface area contributed by atoms with Crippen LogP contribution < -0.4 is 10.0 Å². The van der Waals surface area contributed by atoms with E-state index in [1.165, 1.54) is 24.3 Å². The van der Waals surface area contributed by atoms with Gasteiger partial charge in [-0.05, 0) is 51.1 Å². The zero-order chi connectivity index (χ0) is 18.8. The highest BCUT2D eigenvalue weighted by Crippen LogP contribution is 2.18. The van der Waals surface area contributed by atoms with Crippen LogP contribution in [0.5, 0.6) is 0 Å². The van der Waals surface area contributed by atoms with Gasteiger partial charge in [-0.25, -0.2) is 21.9 Å². The van der Waals surface area contributed by atoms with E-state index in [1.54, 1.807) is 20.8 Å². The van der Waals surface area contributed by atoms with Gasteiger partial charge in [0.05, 0.1) is 4.90 Å². The Kier molecular flexibility index (Phi) is 5.24. The summed E-state index contributed by atoms with van der Waals surface area (Å²) in [6, 6.07) is 8.01. The van der Waals surface area contributed by atoms with Crippen LogP contribution in [-0.2, 0) is 10.0 Å². The lowest BCUT2D eigenvalue weighted by atomic mass is 10.1. The molecule has 0 fully saturated rings. The second kappa shape index (κ2) is 6.89. The van der Waals surface area contributed by atoms with E-state index in [9.17, 15) is 22.0 Å². The molecule has 2 N–H and O–H groups in total. The molecule has 8 heteroatoms. The zero-order valence-corrected chi connectivity index (χ0v) is 14.7. The van der Waals surface area contributed by atoms with Crippen LogP contribution in [0.1, 0.15) is 31.1 Å². The number of hydrogen-bond acceptors (Lipinski definition) is 3. The van der Waals surface area contributed by atoms with Crippen molar-refractivity contribution in [3.63, 3.8) is 0 Å². The van der Waals surface area contributed by atoms with Crippen LogP contribution in [0.4, 0.5) is 14.5 Å². The van der Waals surface area contributed by atoms with Crippen molar-refractivity contribution < 1.29 is 22.0 Å². The fourth-order valence-corrected chi connectivity index (χ4v) is 3.56. The molecule has 2 aromatic carbocycles. The maximum absolute atomic E-state index is 13.2. The van der Waals surface area contributed by atoms with E-state index in [0.717, 1.165) is 12.1 Å². The van der Waals surface area contributed by atoms with Gasteiger partial charge in [0.25, 0.3) is 5.91 Å². The molecule has 2 aromatic rings. The first kappa shape index (κ1) is 19.0. The first-order chi connectivity index (χ1) is 11.5. The van der Waals surface area contributed by atoms with E-state index in [2.05, 4.69) is 10.0 Å². The molecule has 0 atom stereocenters. The zero-order valence-electron chi connectivity index (χ0n) is 13.9. The second-order valence-corrected chi connectivity index (χ2v) is 8.18. The Morgan fingerprint density at radius 1 is 1.00 bits per heavy atom. The van der Waals surface area contributed by atoms with Gasteiger partial charge in [-0.1, -0.05) is 6.07 Å². The molecule has 0 radical (unpaired) electrons. The number of halogens is 2. The summed E-state index contributed by atoms with van der Waals surface area (Å²) in [6.07, 6.45) is 0. The molecule has 0 aliphatic carbocycles. The summed E-state index contributed by atoms with van der Waals surface area (Å²) in [5, 5.41) is 2.42. The molecule has 0 saturated carbocycles. The third-order valence-electron chi connectivity index (χ3n) is 2.97. The molecule has 0 aliphatic rings. The molecule has 0 spiro atoms. The van der Waals surface area contributed by atoms with Crippen molar-refractivity contribution in [1.29, 1.82) is 0 Å². The summed E-state index contributed by atoms with van der Waals surface area (Å²) in [5.74, 6) is -2.51. The van der Waals surface area contributed by atoms with Crippen LogP contribution in [0.15, 0.2) is 47.4 Å². The van der Waals surface area contributed by atoms with Crippen molar-refractivity contribution >= 4 is 21.6 Å². The standard InChI is InChI=1S/C17H18F2N2O3S/c1-17(2,3)21-25(23,24)15-6-4-5-14(10-15)20-16(22)11-7-12(18)9-13(19)8-11/h4-10,21H,1-3H3,(H,20,22). The van der Waals surface area contributed by atoms with Crippen molar-refractivity contribution in [2.24, 2.45) is 0 Å². The van der Waals surface area contributed by atoms with Crippen molar-refractivity contribution in [2.45, 2.75) is 31.2 Å². The number of anilines is 1. The largest absolute Gasteiger partial charge is 0.322 e. The Labute approximate surface area is 145 Å². The first-order valence-corrected chi connectivity index (χ1v) is 8.86. The van der Waals surface area contributed by atoms with Crippen LogP contribution >= 0.6 is 0 Å². The molecular formula is C17H18F2N2O3S. The summed E-state index contributed by atoms with van der Waals surface area (Å²) in [6.45, 7) is 5.11. The minimum absolute atomic E-state index is 0.0364. The molecule has 134 valence electrons. The highest BCUT2D eigenvalue weighted by atomic mass is 32.2. The molecule has 0 aromatic heterocycles. The van der Waals surface area contributed by atoms with Gasteiger partial charge in [-0.2, -0.15) is 0 Å². The molecule has 0 unspecified atom stereocenters. The SMILES string of the molecule is CC(C)(C)NS(=O)(=O)c1cccc(NC(=O)c2cc(F)cc(F)c2)c1. The maximum Gasteiger partial charge on any atom is 0.255 e. The van der Waals surface area contributed by atoms with E-state index < -0.39 is 33.1 Å².